The van der Waals surface area contributed by atoms with Crippen molar-refractivity contribution >= 4 is 23.2 Å². The van der Waals surface area contributed by atoms with E-state index in [0.29, 0.717) is 41.4 Å². The SMILES string of the molecule is CCCOc1ccc(C(=O)NNC(=S)NC2CCCC2)cc1OCC. The van der Waals surface area contributed by atoms with Crippen molar-refractivity contribution in [3.05, 3.63) is 23.8 Å². The number of amides is 1. The van der Waals surface area contributed by atoms with Gasteiger partial charge in [0.05, 0.1) is 13.2 Å². The van der Waals surface area contributed by atoms with Gasteiger partial charge in [-0.1, -0.05) is 19.8 Å². The van der Waals surface area contributed by atoms with E-state index in [1.165, 1.54) is 12.8 Å². The average molecular weight is 365 g/mol. The molecule has 1 aliphatic carbocycles. The fraction of sp³-hybridized carbons (Fsp3) is 0.556. The Balaban J connectivity index is 1.91. The second kappa shape index (κ2) is 10.1. The highest BCUT2D eigenvalue weighted by molar-refractivity contribution is 7.80. The molecule has 0 saturated heterocycles. The van der Waals surface area contributed by atoms with Crippen molar-refractivity contribution in [3.63, 3.8) is 0 Å². The summed E-state index contributed by atoms with van der Waals surface area (Å²) < 4.78 is 11.2. The molecule has 2 rings (SSSR count). The van der Waals surface area contributed by atoms with Gasteiger partial charge >= 0.3 is 0 Å². The third-order valence-corrected chi connectivity index (χ3v) is 4.17. The van der Waals surface area contributed by atoms with Crippen molar-refractivity contribution in [3.8, 4) is 11.5 Å². The number of rotatable bonds is 7. The molecule has 1 amide bonds. The Bertz CT molecular complexity index is 589. The molecule has 1 saturated carbocycles. The van der Waals surface area contributed by atoms with E-state index in [4.69, 9.17) is 21.7 Å². The summed E-state index contributed by atoms with van der Waals surface area (Å²) in [6.07, 6.45) is 5.58. The van der Waals surface area contributed by atoms with Gasteiger partial charge in [0.1, 0.15) is 0 Å². The maximum atomic E-state index is 12.3. The molecule has 1 fully saturated rings. The van der Waals surface area contributed by atoms with Gasteiger partial charge in [-0.3, -0.25) is 15.6 Å². The average Bonchev–Trinajstić information content (AvgIpc) is 3.11. The van der Waals surface area contributed by atoms with E-state index in [2.05, 4.69) is 16.2 Å². The summed E-state index contributed by atoms with van der Waals surface area (Å²) in [6, 6.07) is 5.54. The number of carbonyl (C=O) groups excluding carboxylic acids is 1. The van der Waals surface area contributed by atoms with Crippen LogP contribution in [0.2, 0.25) is 0 Å². The Morgan fingerprint density at radius 2 is 1.92 bits per heavy atom. The number of hydrogen-bond donors (Lipinski definition) is 3. The van der Waals surface area contributed by atoms with Crippen molar-refractivity contribution in [2.75, 3.05) is 13.2 Å². The monoisotopic (exact) mass is 365 g/mol. The predicted molar refractivity (Wildman–Crippen MR) is 102 cm³/mol. The van der Waals surface area contributed by atoms with E-state index in [9.17, 15) is 4.79 Å². The van der Waals surface area contributed by atoms with Gasteiger partial charge < -0.3 is 14.8 Å². The van der Waals surface area contributed by atoms with Gasteiger partial charge in [-0.05, 0) is 56.6 Å². The highest BCUT2D eigenvalue weighted by Gasteiger charge is 2.16. The van der Waals surface area contributed by atoms with Crippen molar-refractivity contribution in [2.24, 2.45) is 0 Å². The van der Waals surface area contributed by atoms with Crippen LogP contribution in [0.1, 0.15) is 56.3 Å². The molecule has 0 atom stereocenters. The fourth-order valence-corrected chi connectivity index (χ4v) is 2.94. The third kappa shape index (κ3) is 6.08. The minimum absolute atomic E-state index is 0.279. The van der Waals surface area contributed by atoms with Crippen LogP contribution in [0.25, 0.3) is 0 Å². The van der Waals surface area contributed by atoms with Gasteiger partial charge in [0.15, 0.2) is 16.6 Å². The molecule has 1 aromatic carbocycles. The predicted octanol–water partition coefficient (Wildman–Crippen LogP) is 2.93. The van der Waals surface area contributed by atoms with Gasteiger partial charge in [-0.2, -0.15) is 0 Å². The summed E-state index contributed by atoms with van der Waals surface area (Å²) in [6.45, 7) is 5.04. The summed E-state index contributed by atoms with van der Waals surface area (Å²) in [4.78, 5) is 12.3. The van der Waals surface area contributed by atoms with Crippen molar-refractivity contribution in [1.29, 1.82) is 0 Å². The lowest BCUT2D eigenvalue weighted by atomic mass is 10.2. The molecule has 25 heavy (non-hydrogen) atoms. The first kappa shape index (κ1) is 19.3. The molecule has 0 heterocycles. The van der Waals surface area contributed by atoms with Crippen LogP contribution >= 0.6 is 12.2 Å². The van der Waals surface area contributed by atoms with Crippen LogP contribution in [-0.2, 0) is 0 Å². The Labute approximate surface area is 154 Å². The molecular formula is C18H27N3O3S. The molecule has 0 unspecified atom stereocenters. The molecule has 3 N–H and O–H groups in total. The molecule has 0 radical (unpaired) electrons. The minimum Gasteiger partial charge on any atom is -0.490 e. The smallest absolute Gasteiger partial charge is 0.269 e. The van der Waals surface area contributed by atoms with Crippen LogP contribution in [0.3, 0.4) is 0 Å². The van der Waals surface area contributed by atoms with E-state index in [-0.39, 0.29) is 5.91 Å². The fourth-order valence-electron chi connectivity index (χ4n) is 2.73. The molecule has 0 spiro atoms. The van der Waals surface area contributed by atoms with Crippen LogP contribution in [-0.4, -0.2) is 30.3 Å². The van der Waals surface area contributed by atoms with Crippen LogP contribution in [0.15, 0.2) is 18.2 Å². The van der Waals surface area contributed by atoms with E-state index >= 15 is 0 Å². The number of benzene rings is 1. The highest BCUT2D eigenvalue weighted by atomic mass is 32.1. The summed E-state index contributed by atoms with van der Waals surface area (Å²) in [5.41, 5.74) is 5.85. The van der Waals surface area contributed by atoms with Crippen LogP contribution in [0, 0.1) is 0 Å². The molecule has 1 aliphatic rings. The van der Waals surface area contributed by atoms with Gasteiger partial charge in [-0.15, -0.1) is 0 Å². The molecule has 7 heteroatoms. The zero-order chi connectivity index (χ0) is 18.1. The van der Waals surface area contributed by atoms with Crippen molar-refractivity contribution < 1.29 is 14.3 Å². The molecule has 0 aliphatic heterocycles. The molecule has 1 aromatic rings. The molecule has 0 bridgehead atoms. The number of hydrazine groups is 1. The Morgan fingerprint density at radius 1 is 1.16 bits per heavy atom. The second-order valence-corrected chi connectivity index (χ2v) is 6.39. The summed E-state index contributed by atoms with van der Waals surface area (Å²) >= 11 is 5.21. The number of thiocarbonyl (C=S) groups is 1. The van der Waals surface area contributed by atoms with E-state index in [0.717, 1.165) is 19.3 Å². The molecular weight excluding hydrogens is 338 g/mol. The van der Waals surface area contributed by atoms with Gasteiger partial charge in [0, 0.05) is 11.6 Å². The Hall–Kier alpha value is -2.02. The van der Waals surface area contributed by atoms with Gasteiger partial charge in [0.25, 0.3) is 5.91 Å². The van der Waals surface area contributed by atoms with Crippen LogP contribution in [0.4, 0.5) is 0 Å². The lowest BCUT2D eigenvalue weighted by Gasteiger charge is -2.16. The van der Waals surface area contributed by atoms with Crippen molar-refractivity contribution in [1.82, 2.24) is 16.2 Å². The van der Waals surface area contributed by atoms with Crippen LogP contribution < -0.4 is 25.6 Å². The summed E-state index contributed by atoms with van der Waals surface area (Å²) in [5.74, 6) is 0.931. The largest absolute Gasteiger partial charge is 0.490 e. The van der Waals surface area contributed by atoms with E-state index < -0.39 is 0 Å². The quantitative estimate of drug-likeness (QED) is 0.510. The lowest BCUT2D eigenvalue weighted by Crippen LogP contribution is -2.49. The van der Waals surface area contributed by atoms with Gasteiger partial charge in [-0.25, -0.2) is 0 Å². The molecule has 138 valence electrons. The zero-order valence-corrected chi connectivity index (χ0v) is 15.7. The number of nitrogens with one attached hydrogen (secondary N) is 3. The Kier molecular flexibility index (Phi) is 7.78. The standard InChI is InChI=1S/C18H27N3O3S/c1-3-11-24-15-10-9-13(12-16(15)23-4-2)17(22)20-21-18(25)19-14-7-5-6-8-14/h9-10,12,14H,3-8,11H2,1-2H3,(H,20,22)(H2,19,21,25). The van der Waals surface area contributed by atoms with Crippen LogP contribution in [0.5, 0.6) is 11.5 Å². The first-order chi connectivity index (χ1) is 12.1. The van der Waals surface area contributed by atoms with E-state index in [1.54, 1.807) is 18.2 Å². The van der Waals surface area contributed by atoms with Crippen molar-refractivity contribution in [2.45, 2.75) is 52.0 Å². The zero-order valence-electron chi connectivity index (χ0n) is 14.9. The second-order valence-electron chi connectivity index (χ2n) is 5.98. The maximum Gasteiger partial charge on any atom is 0.269 e. The first-order valence-electron chi connectivity index (χ1n) is 8.90. The topological polar surface area (TPSA) is 71.6 Å². The lowest BCUT2D eigenvalue weighted by molar-refractivity contribution is 0.0943. The Morgan fingerprint density at radius 3 is 2.60 bits per heavy atom. The number of carbonyl (C=O) groups is 1. The maximum absolute atomic E-state index is 12.3. The highest BCUT2D eigenvalue weighted by Crippen LogP contribution is 2.28. The number of ether oxygens (including phenoxy) is 2. The molecule has 6 nitrogen and oxygen atoms in total. The third-order valence-electron chi connectivity index (χ3n) is 3.95. The summed E-state index contributed by atoms with van der Waals surface area (Å²) in [5, 5.41) is 3.65. The normalized spacial score (nSPS) is 14.0. The van der Waals surface area contributed by atoms with E-state index in [1.807, 2.05) is 13.8 Å². The first-order valence-corrected chi connectivity index (χ1v) is 9.31. The minimum atomic E-state index is -0.279. The van der Waals surface area contributed by atoms with Gasteiger partial charge in [0.2, 0.25) is 0 Å². The molecule has 0 aromatic heterocycles. The summed E-state index contributed by atoms with van der Waals surface area (Å²) in [7, 11) is 0. The number of hydrogen-bond acceptors (Lipinski definition) is 4.